The third-order valence-corrected chi connectivity index (χ3v) is 4.27. The topological polar surface area (TPSA) is 22.3 Å². The summed E-state index contributed by atoms with van der Waals surface area (Å²) in [4.78, 5) is 8.50. The highest BCUT2D eigenvalue weighted by molar-refractivity contribution is 5.32. The van der Waals surface area contributed by atoms with Gasteiger partial charge in [0.2, 0.25) is 0 Å². The molecule has 0 atom stereocenters. The molecule has 0 amide bonds. The first kappa shape index (κ1) is 11.3. The number of piperazine rings is 1. The minimum absolute atomic E-state index is 1.15. The van der Waals surface area contributed by atoms with Gasteiger partial charge < -0.3 is 9.88 Å². The Morgan fingerprint density at radius 3 is 2.71 bits per heavy atom. The molecule has 1 aliphatic heterocycles. The second-order valence-corrected chi connectivity index (χ2v) is 5.56. The van der Waals surface area contributed by atoms with E-state index in [1.165, 1.54) is 57.6 Å². The van der Waals surface area contributed by atoms with Crippen molar-refractivity contribution in [3.05, 3.63) is 23.0 Å². The van der Waals surface area contributed by atoms with Crippen molar-refractivity contribution in [2.75, 3.05) is 33.2 Å². The van der Waals surface area contributed by atoms with Crippen molar-refractivity contribution in [1.82, 2.24) is 14.8 Å². The molecule has 3 rings (SSSR count). The summed E-state index contributed by atoms with van der Waals surface area (Å²) in [6, 6.07) is 0. The maximum atomic E-state index is 3.49. The van der Waals surface area contributed by atoms with Crippen molar-refractivity contribution < 1.29 is 0 Å². The van der Waals surface area contributed by atoms with Gasteiger partial charge in [-0.25, -0.2) is 0 Å². The number of rotatable bonds is 2. The Bertz CT molecular complexity index is 375. The summed E-state index contributed by atoms with van der Waals surface area (Å²) >= 11 is 0. The molecule has 2 heterocycles. The van der Waals surface area contributed by atoms with Crippen LogP contribution in [0.25, 0.3) is 0 Å². The first-order chi connectivity index (χ1) is 8.33. The van der Waals surface area contributed by atoms with Gasteiger partial charge in [-0.05, 0) is 43.9 Å². The van der Waals surface area contributed by atoms with Crippen LogP contribution in [0.5, 0.6) is 0 Å². The fourth-order valence-corrected chi connectivity index (χ4v) is 3.07. The predicted octanol–water partition coefficient (Wildman–Crippen LogP) is 1.64. The predicted molar refractivity (Wildman–Crippen MR) is 70.2 cm³/mol. The normalized spacial score (nSPS) is 22.6. The molecule has 1 aliphatic carbocycles. The van der Waals surface area contributed by atoms with Crippen molar-refractivity contribution in [2.24, 2.45) is 0 Å². The van der Waals surface area contributed by atoms with Crippen LogP contribution in [-0.2, 0) is 19.4 Å². The fourth-order valence-electron chi connectivity index (χ4n) is 3.07. The van der Waals surface area contributed by atoms with E-state index < -0.39 is 0 Å². The molecular formula is C14H23N3. The lowest BCUT2D eigenvalue weighted by Crippen LogP contribution is -2.43. The van der Waals surface area contributed by atoms with Gasteiger partial charge in [-0.2, -0.15) is 0 Å². The number of likely N-dealkylation sites (N-methyl/N-ethyl adjacent to an activating group) is 1. The van der Waals surface area contributed by atoms with E-state index in [2.05, 4.69) is 28.0 Å². The number of nitrogens with one attached hydrogen (secondary N) is 1. The first-order valence-corrected chi connectivity index (χ1v) is 6.92. The molecule has 0 spiro atoms. The summed E-state index contributed by atoms with van der Waals surface area (Å²) in [5.74, 6) is 0. The fraction of sp³-hybridized carbons (Fsp3) is 0.714. The molecular weight excluding hydrogens is 210 g/mol. The molecule has 1 N–H and O–H groups in total. The summed E-state index contributed by atoms with van der Waals surface area (Å²) in [5.41, 5.74) is 4.71. The minimum Gasteiger partial charge on any atom is -0.364 e. The van der Waals surface area contributed by atoms with Crippen molar-refractivity contribution in [3.8, 4) is 0 Å². The number of hydrogen-bond donors (Lipinski definition) is 1. The molecule has 94 valence electrons. The third-order valence-electron chi connectivity index (χ3n) is 4.27. The molecule has 1 aromatic rings. The van der Waals surface area contributed by atoms with Gasteiger partial charge in [0.15, 0.2) is 0 Å². The average Bonchev–Trinajstić information content (AvgIpc) is 2.76. The van der Waals surface area contributed by atoms with E-state index in [4.69, 9.17) is 0 Å². The van der Waals surface area contributed by atoms with E-state index in [-0.39, 0.29) is 0 Å². The minimum atomic E-state index is 1.15. The molecule has 1 fully saturated rings. The molecule has 3 heteroatoms. The summed E-state index contributed by atoms with van der Waals surface area (Å²) < 4.78 is 0. The molecule has 0 bridgehead atoms. The van der Waals surface area contributed by atoms with Crippen LogP contribution in [0.4, 0.5) is 0 Å². The van der Waals surface area contributed by atoms with Gasteiger partial charge in [0, 0.05) is 44.6 Å². The maximum Gasteiger partial charge on any atom is 0.0252 e. The van der Waals surface area contributed by atoms with Crippen LogP contribution in [0, 0.1) is 0 Å². The zero-order valence-electron chi connectivity index (χ0n) is 10.8. The summed E-state index contributed by atoms with van der Waals surface area (Å²) in [6.45, 7) is 6.02. The van der Waals surface area contributed by atoms with Crippen molar-refractivity contribution in [1.29, 1.82) is 0 Å². The molecule has 0 saturated carbocycles. The number of aromatic amines is 1. The van der Waals surface area contributed by atoms with E-state index in [1.807, 2.05) is 0 Å². The van der Waals surface area contributed by atoms with Crippen molar-refractivity contribution >= 4 is 0 Å². The molecule has 3 nitrogen and oxygen atoms in total. The van der Waals surface area contributed by atoms with Gasteiger partial charge in [0.25, 0.3) is 0 Å². The number of hydrogen-bond acceptors (Lipinski definition) is 2. The van der Waals surface area contributed by atoms with Gasteiger partial charge >= 0.3 is 0 Å². The largest absolute Gasteiger partial charge is 0.364 e. The monoisotopic (exact) mass is 233 g/mol. The van der Waals surface area contributed by atoms with Crippen LogP contribution >= 0.6 is 0 Å². The van der Waals surface area contributed by atoms with Crippen LogP contribution in [0.1, 0.15) is 29.7 Å². The number of nitrogens with zero attached hydrogens (tertiary/aromatic N) is 2. The number of aromatic nitrogens is 1. The van der Waals surface area contributed by atoms with Gasteiger partial charge in [-0.1, -0.05) is 0 Å². The highest BCUT2D eigenvalue weighted by atomic mass is 15.2. The van der Waals surface area contributed by atoms with E-state index in [0.29, 0.717) is 0 Å². The summed E-state index contributed by atoms with van der Waals surface area (Å²) in [7, 11) is 2.22. The van der Waals surface area contributed by atoms with Crippen molar-refractivity contribution in [2.45, 2.75) is 32.2 Å². The lowest BCUT2D eigenvalue weighted by molar-refractivity contribution is 0.148. The summed E-state index contributed by atoms with van der Waals surface area (Å²) in [5, 5.41) is 0. The third kappa shape index (κ3) is 2.40. The second-order valence-electron chi connectivity index (χ2n) is 5.56. The van der Waals surface area contributed by atoms with Crippen LogP contribution in [0.15, 0.2) is 6.20 Å². The van der Waals surface area contributed by atoms with E-state index in [1.54, 1.807) is 11.1 Å². The van der Waals surface area contributed by atoms with E-state index in [9.17, 15) is 0 Å². The number of H-pyrrole nitrogens is 1. The summed E-state index contributed by atoms with van der Waals surface area (Å²) in [6.07, 6.45) is 7.55. The first-order valence-electron chi connectivity index (χ1n) is 6.92. The molecule has 1 aromatic heterocycles. The van der Waals surface area contributed by atoms with Gasteiger partial charge in [-0.15, -0.1) is 0 Å². The Morgan fingerprint density at radius 1 is 1.12 bits per heavy atom. The van der Waals surface area contributed by atoms with E-state index in [0.717, 1.165) is 6.54 Å². The Kier molecular flexibility index (Phi) is 3.21. The highest BCUT2D eigenvalue weighted by Gasteiger charge is 2.19. The van der Waals surface area contributed by atoms with Crippen LogP contribution in [-0.4, -0.2) is 48.0 Å². The van der Waals surface area contributed by atoms with Gasteiger partial charge in [0.05, 0.1) is 0 Å². The Morgan fingerprint density at radius 2 is 1.88 bits per heavy atom. The molecule has 0 aromatic carbocycles. The highest BCUT2D eigenvalue weighted by Crippen LogP contribution is 2.25. The van der Waals surface area contributed by atoms with Crippen LogP contribution in [0.2, 0.25) is 0 Å². The average molecular weight is 233 g/mol. The number of aryl methyl sites for hydroxylation is 1. The zero-order chi connectivity index (χ0) is 11.7. The zero-order valence-corrected chi connectivity index (χ0v) is 10.8. The molecule has 0 radical (unpaired) electrons. The lowest BCUT2D eigenvalue weighted by Gasteiger charge is -2.32. The Labute approximate surface area is 104 Å². The van der Waals surface area contributed by atoms with Crippen LogP contribution < -0.4 is 0 Å². The molecule has 0 unspecified atom stereocenters. The molecule has 2 aliphatic rings. The smallest absolute Gasteiger partial charge is 0.0252 e. The Balaban J connectivity index is 1.66. The van der Waals surface area contributed by atoms with E-state index >= 15 is 0 Å². The molecule has 17 heavy (non-hydrogen) atoms. The Hall–Kier alpha value is -0.800. The lowest BCUT2D eigenvalue weighted by atomic mass is 9.95. The molecule has 1 saturated heterocycles. The van der Waals surface area contributed by atoms with Crippen LogP contribution in [0.3, 0.4) is 0 Å². The maximum absolute atomic E-state index is 3.49. The second kappa shape index (κ2) is 4.83. The SMILES string of the molecule is CN1CCN(Cc2c[nH]c3c2CCCC3)CC1. The number of fused-ring (bicyclic) bond motifs is 1. The quantitative estimate of drug-likeness (QED) is 0.839. The van der Waals surface area contributed by atoms with Crippen molar-refractivity contribution in [3.63, 3.8) is 0 Å². The standard InChI is InChI=1S/C14H23N3/c1-16-6-8-17(9-7-16)11-12-10-15-14-5-3-2-4-13(12)14/h10,15H,2-9,11H2,1H3. The van der Waals surface area contributed by atoms with Gasteiger partial charge in [0.1, 0.15) is 0 Å². The van der Waals surface area contributed by atoms with Gasteiger partial charge in [-0.3, -0.25) is 4.90 Å².